The summed E-state index contributed by atoms with van der Waals surface area (Å²) < 4.78 is 10.7. The Morgan fingerprint density at radius 2 is 2.21 bits per heavy atom. The molecule has 4 nitrogen and oxygen atoms in total. The van der Waals surface area contributed by atoms with Crippen LogP contribution in [0.2, 0.25) is 5.02 Å². The van der Waals surface area contributed by atoms with Gasteiger partial charge in [0.05, 0.1) is 23.7 Å². The maximum absolute atomic E-state index is 11.1. The molecule has 104 valence electrons. The molecule has 1 aliphatic heterocycles. The van der Waals surface area contributed by atoms with Crippen molar-refractivity contribution in [2.24, 2.45) is 5.41 Å². The van der Waals surface area contributed by atoms with Crippen LogP contribution >= 0.6 is 11.6 Å². The van der Waals surface area contributed by atoms with E-state index in [1.807, 2.05) is 6.07 Å². The van der Waals surface area contributed by atoms with E-state index in [9.17, 15) is 4.79 Å². The van der Waals surface area contributed by atoms with Crippen molar-refractivity contribution in [2.45, 2.75) is 26.4 Å². The Morgan fingerprint density at radius 3 is 2.68 bits per heavy atom. The monoisotopic (exact) mass is 284 g/mol. The third-order valence-electron chi connectivity index (χ3n) is 3.12. The molecule has 0 radical (unpaired) electrons. The third kappa shape index (κ3) is 3.39. The van der Waals surface area contributed by atoms with E-state index in [0.717, 1.165) is 5.56 Å². The van der Waals surface area contributed by atoms with Crippen LogP contribution in [0.3, 0.4) is 0 Å². The van der Waals surface area contributed by atoms with Crippen LogP contribution in [0, 0.1) is 5.41 Å². The van der Waals surface area contributed by atoms with Crippen molar-refractivity contribution in [2.75, 3.05) is 13.2 Å². The van der Waals surface area contributed by atoms with E-state index >= 15 is 0 Å². The number of ether oxygens (including phenoxy) is 2. The Bertz CT molecular complexity index is 480. The summed E-state index contributed by atoms with van der Waals surface area (Å²) in [4.78, 5) is 11.1. The molecule has 0 spiro atoms. The summed E-state index contributed by atoms with van der Waals surface area (Å²) in [6, 6.07) is 5.40. The lowest BCUT2D eigenvalue weighted by Crippen LogP contribution is -2.38. The second kappa shape index (κ2) is 5.39. The van der Waals surface area contributed by atoms with Gasteiger partial charge in [-0.1, -0.05) is 17.7 Å². The first kappa shape index (κ1) is 14.2. The van der Waals surface area contributed by atoms with Crippen LogP contribution in [0.25, 0.3) is 0 Å². The summed E-state index contributed by atoms with van der Waals surface area (Å²) in [6.45, 7) is 4.56. The summed E-state index contributed by atoms with van der Waals surface area (Å²) in [6.07, 6.45) is 0.494. The third-order valence-corrected chi connectivity index (χ3v) is 3.42. The second-order valence-corrected chi connectivity index (χ2v) is 5.82. The van der Waals surface area contributed by atoms with Gasteiger partial charge in [0.25, 0.3) is 0 Å². The van der Waals surface area contributed by atoms with Gasteiger partial charge in [0.15, 0.2) is 0 Å². The van der Waals surface area contributed by atoms with Crippen molar-refractivity contribution in [3.63, 3.8) is 0 Å². The Hall–Kier alpha value is -1.26. The topological polar surface area (TPSA) is 55.8 Å². The highest BCUT2D eigenvalue weighted by Gasteiger charge is 2.28. The molecule has 19 heavy (non-hydrogen) atoms. The number of halogens is 1. The number of hydrogen-bond acceptors (Lipinski definition) is 3. The minimum Gasteiger partial charge on any atom is -0.484 e. The fourth-order valence-corrected chi connectivity index (χ4v) is 2.05. The van der Waals surface area contributed by atoms with Crippen LogP contribution in [0.4, 0.5) is 0 Å². The predicted molar refractivity (Wildman–Crippen MR) is 71.8 cm³/mol. The number of hydrogen-bond donors (Lipinski definition) is 1. The largest absolute Gasteiger partial charge is 0.484 e. The number of benzene rings is 1. The minimum absolute atomic E-state index is 0.0683. The second-order valence-electron chi connectivity index (χ2n) is 5.41. The first-order chi connectivity index (χ1) is 8.88. The molecule has 1 N–H and O–H groups in total. The molecule has 0 aromatic heterocycles. The number of rotatable bonds is 5. The first-order valence-corrected chi connectivity index (χ1v) is 6.52. The molecule has 0 bridgehead atoms. The van der Waals surface area contributed by atoms with E-state index in [0.29, 0.717) is 30.4 Å². The number of aliphatic carboxylic acids is 1. The smallest absolute Gasteiger partial charge is 0.309 e. The van der Waals surface area contributed by atoms with Crippen LogP contribution in [0.1, 0.15) is 19.4 Å². The van der Waals surface area contributed by atoms with Crippen LogP contribution < -0.4 is 4.74 Å². The average molecular weight is 285 g/mol. The lowest BCUT2D eigenvalue weighted by molar-refractivity contribution is -0.146. The van der Waals surface area contributed by atoms with Gasteiger partial charge >= 0.3 is 5.97 Å². The predicted octanol–water partition coefficient (Wildman–Crippen LogP) is 2.77. The maximum Gasteiger partial charge on any atom is 0.309 e. The van der Waals surface area contributed by atoms with Gasteiger partial charge in [0, 0.05) is 0 Å². The molecule has 0 amide bonds. The van der Waals surface area contributed by atoms with Gasteiger partial charge in [-0.05, 0) is 38.0 Å². The minimum atomic E-state index is -0.824. The average Bonchev–Trinajstić information content (AvgIpc) is 2.24. The number of carbonyl (C=O) groups is 1. The van der Waals surface area contributed by atoms with Crippen molar-refractivity contribution < 1.29 is 19.4 Å². The zero-order valence-electron chi connectivity index (χ0n) is 11.0. The Morgan fingerprint density at radius 1 is 1.53 bits per heavy atom. The molecule has 2 rings (SSSR count). The Balaban J connectivity index is 2.07. The van der Waals surface area contributed by atoms with E-state index in [1.54, 1.807) is 26.0 Å². The lowest BCUT2D eigenvalue weighted by atomic mass is 9.86. The Labute approximate surface area is 117 Å². The molecule has 1 aromatic carbocycles. The highest BCUT2D eigenvalue weighted by molar-refractivity contribution is 6.32. The van der Waals surface area contributed by atoms with Gasteiger partial charge in [-0.25, -0.2) is 0 Å². The molecular weight excluding hydrogens is 268 g/mol. The van der Waals surface area contributed by atoms with Crippen molar-refractivity contribution in [3.8, 4) is 5.75 Å². The SMILES string of the molecule is CC(C)(Cc1ccc(OC2COC2)c(Cl)c1)C(=O)O. The standard InChI is InChI=1S/C14H17ClO4/c1-14(2,13(16)17)6-9-3-4-12(11(15)5-9)19-10-7-18-8-10/h3-5,10H,6-8H2,1-2H3,(H,16,17). The van der Waals surface area contributed by atoms with Crippen LogP contribution in [0.5, 0.6) is 5.75 Å². The lowest BCUT2D eigenvalue weighted by Gasteiger charge is -2.27. The molecule has 0 saturated carbocycles. The summed E-state index contributed by atoms with van der Waals surface area (Å²) in [5.74, 6) is -0.206. The Kier molecular flexibility index (Phi) is 4.02. The van der Waals surface area contributed by atoms with Crippen LogP contribution in [-0.2, 0) is 16.0 Å². The van der Waals surface area contributed by atoms with Crippen molar-refractivity contribution in [1.29, 1.82) is 0 Å². The molecule has 1 aromatic rings. The van der Waals surface area contributed by atoms with Gasteiger partial charge < -0.3 is 14.6 Å². The molecule has 1 saturated heterocycles. The van der Waals surface area contributed by atoms with Crippen molar-refractivity contribution >= 4 is 17.6 Å². The van der Waals surface area contributed by atoms with Gasteiger partial charge in [-0.2, -0.15) is 0 Å². The highest BCUT2D eigenvalue weighted by Crippen LogP contribution is 2.30. The molecule has 5 heteroatoms. The molecule has 1 heterocycles. The van der Waals surface area contributed by atoms with Crippen LogP contribution in [-0.4, -0.2) is 30.4 Å². The number of carboxylic acid groups (broad SMARTS) is 1. The molecule has 0 unspecified atom stereocenters. The van der Waals surface area contributed by atoms with E-state index in [4.69, 9.17) is 26.2 Å². The first-order valence-electron chi connectivity index (χ1n) is 6.15. The summed E-state index contributed by atoms with van der Waals surface area (Å²) in [5, 5.41) is 9.62. The van der Waals surface area contributed by atoms with Gasteiger partial charge in [-0.3, -0.25) is 4.79 Å². The quantitative estimate of drug-likeness (QED) is 0.903. The molecular formula is C14H17ClO4. The molecule has 0 aliphatic carbocycles. The molecule has 1 fully saturated rings. The summed E-state index contributed by atoms with van der Waals surface area (Å²) >= 11 is 6.15. The fraction of sp³-hybridized carbons (Fsp3) is 0.500. The van der Waals surface area contributed by atoms with Crippen LogP contribution in [0.15, 0.2) is 18.2 Å². The van der Waals surface area contributed by atoms with Gasteiger partial charge in [0.2, 0.25) is 0 Å². The summed E-state index contributed by atoms with van der Waals surface area (Å²) in [5.41, 5.74) is 0.0719. The van der Waals surface area contributed by atoms with E-state index < -0.39 is 11.4 Å². The van der Waals surface area contributed by atoms with E-state index in [-0.39, 0.29) is 6.10 Å². The van der Waals surface area contributed by atoms with E-state index in [1.165, 1.54) is 0 Å². The van der Waals surface area contributed by atoms with Crippen molar-refractivity contribution in [3.05, 3.63) is 28.8 Å². The zero-order chi connectivity index (χ0) is 14.0. The van der Waals surface area contributed by atoms with Crippen molar-refractivity contribution in [1.82, 2.24) is 0 Å². The van der Waals surface area contributed by atoms with Gasteiger partial charge in [0.1, 0.15) is 11.9 Å². The fourth-order valence-electron chi connectivity index (χ4n) is 1.80. The molecule has 1 aliphatic rings. The summed E-state index contributed by atoms with van der Waals surface area (Å²) in [7, 11) is 0. The normalized spacial score (nSPS) is 15.9. The number of carboxylic acids is 1. The van der Waals surface area contributed by atoms with Gasteiger partial charge in [-0.15, -0.1) is 0 Å². The van der Waals surface area contributed by atoms with E-state index in [2.05, 4.69) is 0 Å². The zero-order valence-corrected chi connectivity index (χ0v) is 11.7. The highest BCUT2D eigenvalue weighted by atomic mass is 35.5. The molecule has 0 atom stereocenters. The maximum atomic E-state index is 11.1.